The molecule has 3 heterocycles. The zero-order valence-electron chi connectivity index (χ0n) is 21.0. The quantitative estimate of drug-likeness (QED) is 0.548. The van der Waals surface area contributed by atoms with Crippen LogP contribution in [0.4, 0.5) is 21.4 Å². The number of thiophene rings is 1. The Kier molecular flexibility index (Phi) is 8.71. The second-order valence-electron chi connectivity index (χ2n) is 9.05. The molecule has 0 aliphatic carbocycles. The highest BCUT2D eigenvalue weighted by Gasteiger charge is 2.28. The van der Waals surface area contributed by atoms with Crippen molar-refractivity contribution < 1.29 is 23.9 Å². The van der Waals surface area contributed by atoms with E-state index in [9.17, 15) is 14.4 Å². The van der Waals surface area contributed by atoms with E-state index < -0.39 is 11.6 Å². The largest absolute Gasteiger partial charge is 0.466 e. The van der Waals surface area contributed by atoms with Gasteiger partial charge in [-0.1, -0.05) is 6.92 Å². The fraction of sp³-hybridized carbons (Fsp3) is 0.609. The molecule has 11 nitrogen and oxygen atoms in total. The van der Waals surface area contributed by atoms with Gasteiger partial charge < -0.3 is 24.6 Å². The summed E-state index contributed by atoms with van der Waals surface area (Å²) < 4.78 is 10.4. The summed E-state index contributed by atoms with van der Waals surface area (Å²) in [5.74, 6) is 0.529. The Morgan fingerprint density at radius 3 is 2.46 bits per heavy atom. The average Bonchev–Trinajstić information content (AvgIpc) is 3.21. The molecule has 192 valence electrons. The number of rotatable bonds is 7. The van der Waals surface area contributed by atoms with Gasteiger partial charge in [-0.3, -0.25) is 10.1 Å². The number of esters is 1. The molecule has 2 aromatic rings. The van der Waals surface area contributed by atoms with Crippen molar-refractivity contribution in [1.82, 2.24) is 20.2 Å². The van der Waals surface area contributed by atoms with Gasteiger partial charge in [0.2, 0.25) is 5.95 Å². The van der Waals surface area contributed by atoms with Crippen LogP contribution in [0, 0.1) is 0 Å². The first-order valence-electron chi connectivity index (χ1n) is 11.8. The van der Waals surface area contributed by atoms with Crippen molar-refractivity contribution in [2.45, 2.75) is 53.1 Å². The van der Waals surface area contributed by atoms with E-state index >= 15 is 0 Å². The number of aryl methyl sites for hydroxylation is 1. The van der Waals surface area contributed by atoms with E-state index in [0.29, 0.717) is 32.8 Å². The summed E-state index contributed by atoms with van der Waals surface area (Å²) in [5, 5.41) is 6.21. The summed E-state index contributed by atoms with van der Waals surface area (Å²) in [6.07, 6.45) is 0.624. The lowest BCUT2D eigenvalue weighted by molar-refractivity contribution is -0.142. The van der Waals surface area contributed by atoms with Crippen LogP contribution in [0.15, 0.2) is 6.07 Å². The fourth-order valence-electron chi connectivity index (χ4n) is 3.51. The van der Waals surface area contributed by atoms with Crippen molar-refractivity contribution in [2.75, 3.05) is 49.5 Å². The number of carbonyl (C=O) groups is 3. The minimum atomic E-state index is -0.544. The molecular formula is C23H34N6O5S. The number of carbonyl (C=O) groups excluding carboxylic acids is 3. The highest BCUT2D eigenvalue weighted by atomic mass is 32.1. The van der Waals surface area contributed by atoms with E-state index in [2.05, 4.69) is 38.5 Å². The monoisotopic (exact) mass is 506 g/mol. The van der Waals surface area contributed by atoms with Gasteiger partial charge in [-0.25, -0.2) is 14.6 Å². The summed E-state index contributed by atoms with van der Waals surface area (Å²) in [4.78, 5) is 51.1. The molecule has 1 fully saturated rings. The molecule has 0 spiro atoms. The lowest BCUT2D eigenvalue weighted by Crippen LogP contribution is -2.50. The molecule has 3 rings (SSSR count). The van der Waals surface area contributed by atoms with Gasteiger partial charge in [0.05, 0.1) is 18.4 Å². The van der Waals surface area contributed by atoms with Gasteiger partial charge in [-0.2, -0.15) is 4.98 Å². The number of urea groups is 1. The van der Waals surface area contributed by atoms with E-state index in [1.807, 2.05) is 20.8 Å². The Morgan fingerprint density at radius 1 is 1.11 bits per heavy atom. The maximum atomic E-state index is 12.4. The van der Waals surface area contributed by atoms with Crippen molar-refractivity contribution in [3.05, 3.63) is 10.9 Å². The fourth-order valence-corrected chi connectivity index (χ4v) is 4.47. The van der Waals surface area contributed by atoms with Crippen LogP contribution in [0.25, 0.3) is 10.2 Å². The Morgan fingerprint density at radius 2 is 1.83 bits per heavy atom. The number of hydrogen-bond donors (Lipinski definition) is 2. The molecule has 1 aliphatic rings. The summed E-state index contributed by atoms with van der Waals surface area (Å²) in [6.45, 7) is 12.0. The maximum absolute atomic E-state index is 12.4. The summed E-state index contributed by atoms with van der Waals surface area (Å²) in [6, 6.07) is 1.58. The number of anilines is 2. The minimum Gasteiger partial charge on any atom is -0.466 e. The summed E-state index contributed by atoms with van der Waals surface area (Å²) in [7, 11) is 0. The molecule has 0 unspecified atom stereocenters. The van der Waals surface area contributed by atoms with E-state index in [-0.39, 0.29) is 31.0 Å². The molecule has 0 atom stereocenters. The second kappa shape index (κ2) is 11.5. The van der Waals surface area contributed by atoms with Crippen LogP contribution in [-0.4, -0.2) is 77.9 Å². The van der Waals surface area contributed by atoms with E-state index in [0.717, 1.165) is 22.5 Å². The van der Waals surface area contributed by atoms with Crippen LogP contribution in [0.3, 0.4) is 0 Å². The minimum absolute atomic E-state index is 0.0825. The molecular weight excluding hydrogens is 472 g/mol. The number of ether oxygens (including phenoxy) is 2. The van der Waals surface area contributed by atoms with Crippen LogP contribution >= 0.6 is 11.3 Å². The molecule has 35 heavy (non-hydrogen) atoms. The number of fused-ring (bicyclic) bond motifs is 1. The number of nitrogens with zero attached hydrogens (tertiary/aromatic N) is 4. The molecule has 2 N–H and O–H groups in total. The normalized spacial score (nSPS) is 14.1. The van der Waals surface area contributed by atoms with Crippen LogP contribution in [0.5, 0.6) is 0 Å². The molecule has 0 radical (unpaired) electrons. The zero-order valence-corrected chi connectivity index (χ0v) is 21.8. The van der Waals surface area contributed by atoms with Gasteiger partial charge in [0, 0.05) is 37.6 Å². The van der Waals surface area contributed by atoms with Gasteiger partial charge in [-0.05, 0) is 40.2 Å². The average molecular weight is 507 g/mol. The highest BCUT2D eigenvalue weighted by Crippen LogP contribution is 2.33. The van der Waals surface area contributed by atoms with E-state index in [1.165, 1.54) is 4.88 Å². The lowest BCUT2D eigenvalue weighted by atomic mass is 10.2. The van der Waals surface area contributed by atoms with Gasteiger partial charge in [0.15, 0.2) is 0 Å². The number of amides is 3. The molecule has 1 aliphatic heterocycles. The van der Waals surface area contributed by atoms with Crippen LogP contribution in [0.1, 0.15) is 45.9 Å². The van der Waals surface area contributed by atoms with Gasteiger partial charge in [0.1, 0.15) is 16.2 Å². The van der Waals surface area contributed by atoms with E-state index in [1.54, 1.807) is 23.2 Å². The molecule has 1 saturated heterocycles. The number of piperazine rings is 1. The van der Waals surface area contributed by atoms with Crippen LogP contribution < -0.4 is 15.5 Å². The third kappa shape index (κ3) is 7.41. The third-order valence-electron chi connectivity index (χ3n) is 5.15. The molecule has 12 heteroatoms. The van der Waals surface area contributed by atoms with Crippen molar-refractivity contribution in [3.8, 4) is 0 Å². The molecule has 3 amide bonds. The first-order chi connectivity index (χ1) is 16.6. The second-order valence-corrected chi connectivity index (χ2v) is 10.2. The smallest absolute Gasteiger partial charge is 0.410 e. The van der Waals surface area contributed by atoms with E-state index in [4.69, 9.17) is 9.47 Å². The lowest BCUT2D eigenvalue weighted by Gasteiger charge is -2.36. The maximum Gasteiger partial charge on any atom is 0.410 e. The number of nitrogens with one attached hydrogen (secondary N) is 2. The van der Waals surface area contributed by atoms with Crippen LogP contribution in [-0.2, 0) is 20.7 Å². The number of hydrogen-bond acceptors (Lipinski definition) is 9. The predicted octanol–water partition coefficient (Wildman–Crippen LogP) is 3.39. The SMILES string of the molecule is CCOC(=O)CCNC(=O)Nc1nc(N2CCN(C(=O)OC(C)(C)C)CC2)c2cc(CC)sc2n1. The molecule has 0 bridgehead atoms. The predicted molar refractivity (Wildman–Crippen MR) is 135 cm³/mol. The van der Waals surface area contributed by atoms with Gasteiger partial charge >= 0.3 is 18.1 Å². The van der Waals surface area contributed by atoms with Crippen molar-refractivity contribution in [1.29, 1.82) is 0 Å². The van der Waals surface area contributed by atoms with Gasteiger partial charge in [0.25, 0.3) is 0 Å². The summed E-state index contributed by atoms with van der Waals surface area (Å²) in [5.41, 5.74) is -0.544. The Balaban J connectivity index is 1.71. The van der Waals surface area contributed by atoms with Crippen molar-refractivity contribution >= 4 is 51.4 Å². The first-order valence-corrected chi connectivity index (χ1v) is 12.6. The molecule has 2 aromatic heterocycles. The molecule has 0 aromatic carbocycles. The van der Waals surface area contributed by atoms with Crippen LogP contribution in [0.2, 0.25) is 0 Å². The Hall–Kier alpha value is -3.15. The first kappa shape index (κ1) is 26.5. The van der Waals surface area contributed by atoms with Crippen molar-refractivity contribution in [3.63, 3.8) is 0 Å². The topological polar surface area (TPSA) is 126 Å². The Labute approximate surface area is 209 Å². The summed E-state index contributed by atoms with van der Waals surface area (Å²) >= 11 is 1.56. The number of aromatic nitrogens is 2. The Bertz CT molecular complexity index is 1060. The van der Waals surface area contributed by atoms with Crippen molar-refractivity contribution in [2.24, 2.45) is 0 Å². The third-order valence-corrected chi connectivity index (χ3v) is 6.32. The van der Waals surface area contributed by atoms with Gasteiger partial charge in [-0.15, -0.1) is 11.3 Å². The molecule has 0 saturated carbocycles. The highest BCUT2D eigenvalue weighted by molar-refractivity contribution is 7.18. The zero-order chi connectivity index (χ0) is 25.6. The standard InChI is InChI=1S/C23H34N6O5S/c1-6-15-14-16-18(28-10-12-29(13-11-28)22(32)34-23(3,4)5)25-20(26-19(16)35-15)27-21(31)24-9-8-17(30)33-7-2/h14H,6-13H2,1-5H3,(H2,24,25,26,27,31).